The molecule has 0 aromatic heterocycles. The molecule has 0 aliphatic heterocycles. The van der Waals surface area contributed by atoms with Crippen molar-refractivity contribution in [1.82, 2.24) is 0 Å². The maximum atomic E-state index is 13.2. The summed E-state index contributed by atoms with van der Waals surface area (Å²) in [4.78, 5) is 0. The van der Waals surface area contributed by atoms with Crippen LogP contribution in [0.1, 0.15) is 30.6 Å². The van der Waals surface area contributed by atoms with Crippen LogP contribution in [0, 0.1) is 12.7 Å². The number of benzene rings is 2. The van der Waals surface area contributed by atoms with E-state index in [4.69, 9.17) is 4.74 Å². The van der Waals surface area contributed by atoms with Gasteiger partial charge in [-0.25, -0.2) is 4.39 Å². The highest BCUT2D eigenvalue weighted by Gasteiger charge is 2.12. The fourth-order valence-corrected chi connectivity index (χ4v) is 1.87. The molecule has 100 valence electrons. The molecule has 2 nitrogen and oxygen atoms in total. The van der Waals surface area contributed by atoms with Gasteiger partial charge in [0.05, 0.1) is 6.10 Å². The molecule has 0 aliphatic carbocycles. The van der Waals surface area contributed by atoms with Gasteiger partial charge < -0.3 is 9.84 Å². The van der Waals surface area contributed by atoms with Gasteiger partial charge in [-0.15, -0.1) is 0 Å². The Morgan fingerprint density at radius 1 is 1.16 bits per heavy atom. The van der Waals surface area contributed by atoms with Crippen LogP contribution in [-0.4, -0.2) is 5.11 Å². The van der Waals surface area contributed by atoms with Gasteiger partial charge in [0.1, 0.15) is 17.3 Å². The Morgan fingerprint density at radius 3 is 2.63 bits per heavy atom. The summed E-state index contributed by atoms with van der Waals surface area (Å²) in [7, 11) is 0. The average molecular weight is 260 g/mol. The van der Waals surface area contributed by atoms with E-state index in [-0.39, 0.29) is 5.82 Å². The molecule has 0 heterocycles. The Bertz CT molecular complexity index is 566. The van der Waals surface area contributed by atoms with Crippen molar-refractivity contribution in [3.63, 3.8) is 0 Å². The number of halogens is 1. The van der Waals surface area contributed by atoms with Crippen molar-refractivity contribution in [3.8, 4) is 11.5 Å². The summed E-state index contributed by atoms with van der Waals surface area (Å²) in [6.07, 6.45) is 0.0211. The fraction of sp³-hybridized carbons (Fsp3) is 0.250. The molecule has 1 N–H and O–H groups in total. The number of aliphatic hydroxyl groups excluding tert-OH is 1. The summed E-state index contributed by atoms with van der Waals surface area (Å²) in [6.45, 7) is 3.75. The number of aryl methyl sites for hydroxylation is 1. The van der Waals surface area contributed by atoms with Gasteiger partial charge in [0.15, 0.2) is 0 Å². The second-order valence-corrected chi connectivity index (χ2v) is 4.47. The van der Waals surface area contributed by atoms with Gasteiger partial charge in [-0.3, -0.25) is 0 Å². The predicted molar refractivity (Wildman–Crippen MR) is 72.9 cm³/mol. The number of rotatable bonds is 4. The topological polar surface area (TPSA) is 29.5 Å². The van der Waals surface area contributed by atoms with Crippen LogP contribution in [0.25, 0.3) is 0 Å². The Balaban J connectivity index is 2.35. The van der Waals surface area contributed by atoms with E-state index in [0.717, 1.165) is 5.56 Å². The molecule has 0 radical (unpaired) electrons. The number of aliphatic hydroxyl groups is 1. The third-order valence-corrected chi connectivity index (χ3v) is 3.03. The standard InChI is InChI=1S/C16H17FO2/c1-3-14(18)13-6-4-5-7-15(13)19-16-10-12(17)9-8-11(16)2/h4-10,14,18H,3H2,1-2H3/t14-/m0/s1. The van der Waals surface area contributed by atoms with E-state index in [9.17, 15) is 9.50 Å². The third-order valence-electron chi connectivity index (χ3n) is 3.03. The number of ether oxygens (including phenoxy) is 1. The molecular formula is C16H17FO2. The zero-order valence-corrected chi connectivity index (χ0v) is 11.1. The second kappa shape index (κ2) is 5.85. The molecule has 1 atom stereocenters. The minimum atomic E-state index is -0.579. The molecule has 0 fully saturated rings. The van der Waals surface area contributed by atoms with Gasteiger partial charge >= 0.3 is 0 Å². The van der Waals surface area contributed by atoms with Crippen molar-refractivity contribution in [2.75, 3.05) is 0 Å². The van der Waals surface area contributed by atoms with Crippen LogP contribution in [0.3, 0.4) is 0 Å². The number of hydrogen-bond acceptors (Lipinski definition) is 2. The third kappa shape index (κ3) is 3.12. The molecule has 0 aliphatic rings. The van der Waals surface area contributed by atoms with E-state index in [1.807, 2.05) is 32.0 Å². The molecule has 0 amide bonds. The zero-order valence-electron chi connectivity index (χ0n) is 11.1. The fourth-order valence-electron chi connectivity index (χ4n) is 1.87. The first-order valence-electron chi connectivity index (χ1n) is 6.32. The van der Waals surface area contributed by atoms with Gasteiger partial charge in [0.25, 0.3) is 0 Å². The molecule has 0 unspecified atom stereocenters. The molecule has 0 saturated carbocycles. The van der Waals surface area contributed by atoms with Gasteiger partial charge in [0.2, 0.25) is 0 Å². The summed E-state index contributed by atoms with van der Waals surface area (Å²) >= 11 is 0. The van der Waals surface area contributed by atoms with Gasteiger partial charge in [-0.2, -0.15) is 0 Å². The first kappa shape index (κ1) is 13.6. The van der Waals surface area contributed by atoms with Crippen molar-refractivity contribution in [3.05, 3.63) is 59.4 Å². The van der Waals surface area contributed by atoms with E-state index >= 15 is 0 Å². The van der Waals surface area contributed by atoms with Gasteiger partial charge in [0, 0.05) is 11.6 Å². The Hall–Kier alpha value is -1.87. The van der Waals surface area contributed by atoms with Crippen molar-refractivity contribution in [2.24, 2.45) is 0 Å². The van der Waals surface area contributed by atoms with Crippen molar-refractivity contribution < 1.29 is 14.2 Å². The summed E-state index contributed by atoms with van der Waals surface area (Å²) in [6, 6.07) is 11.7. The van der Waals surface area contributed by atoms with Crippen LogP contribution >= 0.6 is 0 Å². The average Bonchev–Trinajstić information content (AvgIpc) is 2.42. The maximum absolute atomic E-state index is 13.2. The van der Waals surface area contributed by atoms with Crippen LogP contribution < -0.4 is 4.74 Å². The predicted octanol–water partition coefficient (Wildman–Crippen LogP) is 4.37. The summed E-state index contributed by atoms with van der Waals surface area (Å²) in [5.74, 6) is 0.690. The molecule has 19 heavy (non-hydrogen) atoms. The summed E-state index contributed by atoms with van der Waals surface area (Å²) in [5.41, 5.74) is 1.57. The molecule has 0 spiro atoms. The van der Waals surface area contributed by atoms with E-state index in [1.165, 1.54) is 12.1 Å². The number of hydrogen-bond donors (Lipinski definition) is 1. The molecule has 2 rings (SSSR count). The molecule has 0 bridgehead atoms. The smallest absolute Gasteiger partial charge is 0.133 e. The molecular weight excluding hydrogens is 243 g/mol. The molecule has 3 heteroatoms. The highest BCUT2D eigenvalue weighted by Crippen LogP contribution is 2.32. The van der Waals surface area contributed by atoms with Gasteiger partial charge in [-0.1, -0.05) is 31.2 Å². The van der Waals surface area contributed by atoms with Gasteiger partial charge in [-0.05, 0) is 31.0 Å². The molecule has 0 saturated heterocycles. The Labute approximate surface area is 112 Å². The van der Waals surface area contributed by atoms with E-state index in [2.05, 4.69) is 0 Å². The Kier molecular flexibility index (Phi) is 4.17. The highest BCUT2D eigenvalue weighted by atomic mass is 19.1. The maximum Gasteiger partial charge on any atom is 0.133 e. The van der Waals surface area contributed by atoms with Crippen molar-refractivity contribution in [1.29, 1.82) is 0 Å². The van der Waals surface area contributed by atoms with Crippen LogP contribution in [0.5, 0.6) is 11.5 Å². The minimum Gasteiger partial charge on any atom is -0.457 e. The second-order valence-electron chi connectivity index (χ2n) is 4.47. The first-order valence-corrected chi connectivity index (χ1v) is 6.32. The van der Waals surface area contributed by atoms with E-state index in [1.54, 1.807) is 12.1 Å². The summed E-state index contributed by atoms with van der Waals surface area (Å²) in [5, 5.41) is 9.96. The quantitative estimate of drug-likeness (QED) is 0.884. The van der Waals surface area contributed by atoms with Crippen LogP contribution in [0.4, 0.5) is 4.39 Å². The van der Waals surface area contributed by atoms with E-state index < -0.39 is 6.10 Å². The minimum absolute atomic E-state index is 0.339. The lowest BCUT2D eigenvalue weighted by atomic mass is 10.1. The lowest BCUT2D eigenvalue weighted by Gasteiger charge is -2.15. The highest BCUT2D eigenvalue weighted by molar-refractivity contribution is 5.41. The molecule has 2 aromatic rings. The van der Waals surface area contributed by atoms with Crippen LogP contribution in [-0.2, 0) is 0 Å². The van der Waals surface area contributed by atoms with E-state index in [0.29, 0.717) is 23.5 Å². The largest absolute Gasteiger partial charge is 0.457 e. The normalized spacial score (nSPS) is 12.2. The van der Waals surface area contributed by atoms with Crippen LogP contribution in [0.2, 0.25) is 0 Å². The van der Waals surface area contributed by atoms with Crippen LogP contribution in [0.15, 0.2) is 42.5 Å². The lowest BCUT2D eigenvalue weighted by molar-refractivity contribution is 0.170. The number of para-hydroxylation sites is 1. The summed E-state index contributed by atoms with van der Waals surface area (Å²) < 4.78 is 19.0. The van der Waals surface area contributed by atoms with Crippen molar-refractivity contribution in [2.45, 2.75) is 26.4 Å². The molecule has 2 aromatic carbocycles. The monoisotopic (exact) mass is 260 g/mol. The Morgan fingerprint density at radius 2 is 1.89 bits per heavy atom. The van der Waals surface area contributed by atoms with Crippen molar-refractivity contribution >= 4 is 0 Å². The first-order chi connectivity index (χ1) is 9.11. The zero-order chi connectivity index (χ0) is 13.8. The lowest BCUT2D eigenvalue weighted by Crippen LogP contribution is -1.99. The SMILES string of the molecule is CC[C@H](O)c1ccccc1Oc1cc(F)ccc1C.